The van der Waals surface area contributed by atoms with Crippen molar-refractivity contribution in [2.75, 3.05) is 26.2 Å². The molecule has 0 radical (unpaired) electrons. The second-order valence-electron chi connectivity index (χ2n) is 6.11. The standard InChI is InChI=1S/C12H26N2O/c1-11(2)5-4-7-14(8-6-11)9-12(3,13)10-15/h15H,4-10,13H2,1-3H3. The van der Waals surface area contributed by atoms with Crippen LogP contribution in [-0.2, 0) is 0 Å². The van der Waals surface area contributed by atoms with Crippen molar-refractivity contribution in [3.63, 3.8) is 0 Å². The lowest BCUT2D eigenvalue weighted by Crippen LogP contribution is -2.50. The van der Waals surface area contributed by atoms with Crippen molar-refractivity contribution in [1.82, 2.24) is 4.90 Å². The van der Waals surface area contributed by atoms with E-state index in [4.69, 9.17) is 10.8 Å². The van der Waals surface area contributed by atoms with Gasteiger partial charge in [0.1, 0.15) is 0 Å². The Bertz CT molecular complexity index is 202. The van der Waals surface area contributed by atoms with Crippen LogP contribution in [0.25, 0.3) is 0 Å². The van der Waals surface area contributed by atoms with E-state index in [0.717, 1.165) is 19.6 Å². The average Bonchev–Trinajstić information content (AvgIpc) is 2.28. The Morgan fingerprint density at radius 1 is 1.33 bits per heavy atom. The molecule has 0 saturated carbocycles. The fraction of sp³-hybridized carbons (Fsp3) is 1.00. The van der Waals surface area contributed by atoms with Crippen LogP contribution in [0.4, 0.5) is 0 Å². The van der Waals surface area contributed by atoms with Crippen LogP contribution in [0.15, 0.2) is 0 Å². The molecule has 0 amide bonds. The van der Waals surface area contributed by atoms with E-state index in [-0.39, 0.29) is 6.61 Å². The molecule has 1 aliphatic rings. The minimum Gasteiger partial charge on any atom is -0.394 e. The molecule has 1 saturated heterocycles. The second-order valence-corrected chi connectivity index (χ2v) is 6.11. The predicted octanol–water partition coefficient (Wildman–Crippen LogP) is 1.21. The zero-order chi connectivity index (χ0) is 11.5. The van der Waals surface area contributed by atoms with Crippen LogP contribution >= 0.6 is 0 Å². The zero-order valence-electron chi connectivity index (χ0n) is 10.4. The first kappa shape index (κ1) is 12.9. The van der Waals surface area contributed by atoms with Gasteiger partial charge in [0, 0.05) is 12.1 Å². The van der Waals surface area contributed by atoms with E-state index in [1.807, 2.05) is 6.92 Å². The molecule has 1 atom stereocenters. The van der Waals surface area contributed by atoms with Gasteiger partial charge in [-0.1, -0.05) is 13.8 Å². The van der Waals surface area contributed by atoms with Crippen LogP contribution in [0.1, 0.15) is 40.0 Å². The third-order valence-corrected chi connectivity index (χ3v) is 3.38. The second kappa shape index (κ2) is 4.81. The van der Waals surface area contributed by atoms with Crippen molar-refractivity contribution in [3.05, 3.63) is 0 Å². The molecule has 3 N–H and O–H groups in total. The molecule has 3 heteroatoms. The maximum Gasteiger partial charge on any atom is 0.0621 e. The minimum atomic E-state index is -0.450. The highest BCUT2D eigenvalue weighted by molar-refractivity contribution is 4.84. The first-order valence-corrected chi connectivity index (χ1v) is 5.97. The highest BCUT2D eigenvalue weighted by atomic mass is 16.3. The van der Waals surface area contributed by atoms with E-state index in [1.54, 1.807) is 0 Å². The quantitative estimate of drug-likeness (QED) is 0.742. The van der Waals surface area contributed by atoms with Gasteiger partial charge in [-0.2, -0.15) is 0 Å². The van der Waals surface area contributed by atoms with Crippen LogP contribution in [0.5, 0.6) is 0 Å². The molecule has 15 heavy (non-hydrogen) atoms. The van der Waals surface area contributed by atoms with E-state index in [0.29, 0.717) is 5.41 Å². The summed E-state index contributed by atoms with van der Waals surface area (Å²) in [6, 6.07) is 0. The van der Waals surface area contributed by atoms with Crippen LogP contribution in [0.3, 0.4) is 0 Å². The smallest absolute Gasteiger partial charge is 0.0621 e. The summed E-state index contributed by atoms with van der Waals surface area (Å²) >= 11 is 0. The van der Waals surface area contributed by atoms with Crippen molar-refractivity contribution < 1.29 is 5.11 Å². The minimum absolute atomic E-state index is 0.0624. The maximum absolute atomic E-state index is 9.15. The van der Waals surface area contributed by atoms with Gasteiger partial charge in [0.15, 0.2) is 0 Å². The van der Waals surface area contributed by atoms with Crippen LogP contribution in [-0.4, -0.2) is 41.8 Å². The molecular formula is C12H26N2O. The Labute approximate surface area is 93.6 Å². The van der Waals surface area contributed by atoms with E-state index in [1.165, 1.54) is 19.3 Å². The lowest BCUT2D eigenvalue weighted by Gasteiger charge is -2.30. The lowest BCUT2D eigenvalue weighted by molar-refractivity contribution is 0.147. The Balaban J connectivity index is 2.45. The van der Waals surface area contributed by atoms with Gasteiger partial charge in [0.05, 0.1) is 6.61 Å². The molecule has 1 aliphatic heterocycles. The Kier molecular flexibility index (Phi) is 4.15. The Morgan fingerprint density at radius 3 is 2.60 bits per heavy atom. The van der Waals surface area contributed by atoms with Crippen LogP contribution in [0.2, 0.25) is 0 Å². The Hall–Kier alpha value is -0.120. The molecule has 0 spiro atoms. The largest absolute Gasteiger partial charge is 0.394 e. The number of aliphatic hydroxyl groups is 1. The van der Waals surface area contributed by atoms with E-state index >= 15 is 0 Å². The molecule has 0 aliphatic carbocycles. The van der Waals surface area contributed by atoms with Crippen molar-refractivity contribution in [2.24, 2.45) is 11.1 Å². The highest BCUT2D eigenvalue weighted by Gasteiger charge is 2.26. The number of aliphatic hydroxyl groups excluding tert-OH is 1. The average molecular weight is 214 g/mol. The van der Waals surface area contributed by atoms with Crippen molar-refractivity contribution in [1.29, 1.82) is 0 Å². The predicted molar refractivity (Wildman–Crippen MR) is 63.8 cm³/mol. The molecular weight excluding hydrogens is 188 g/mol. The molecule has 0 aromatic rings. The summed E-state index contributed by atoms with van der Waals surface area (Å²) < 4.78 is 0. The van der Waals surface area contributed by atoms with Gasteiger partial charge in [0.25, 0.3) is 0 Å². The zero-order valence-corrected chi connectivity index (χ0v) is 10.4. The molecule has 1 heterocycles. The first-order valence-electron chi connectivity index (χ1n) is 5.97. The molecule has 1 fully saturated rings. The Morgan fingerprint density at radius 2 is 2.00 bits per heavy atom. The fourth-order valence-electron chi connectivity index (χ4n) is 2.20. The van der Waals surface area contributed by atoms with E-state index < -0.39 is 5.54 Å². The number of rotatable bonds is 3. The molecule has 1 unspecified atom stereocenters. The summed E-state index contributed by atoms with van der Waals surface area (Å²) in [6.45, 7) is 9.69. The molecule has 1 rings (SSSR count). The number of hydrogen-bond donors (Lipinski definition) is 2. The summed E-state index contributed by atoms with van der Waals surface area (Å²) in [6.07, 6.45) is 3.77. The molecule has 0 aromatic heterocycles. The van der Waals surface area contributed by atoms with E-state index in [9.17, 15) is 0 Å². The number of hydrogen-bond acceptors (Lipinski definition) is 3. The van der Waals surface area contributed by atoms with Gasteiger partial charge in [-0.25, -0.2) is 0 Å². The van der Waals surface area contributed by atoms with Gasteiger partial charge in [-0.3, -0.25) is 0 Å². The van der Waals surface area contributed by atoms with Crippen molar-refractivity contribution in [2.45, 2.75) is 45.6 Å². The first-order chi connectivity index (χ1) is 6.85. The molecule has 90 valence electrons. The monoisotopic (exact) mass is 214 g/mol. The summed E-state index contributed by atoms with van der Waals surface area (Å²) in [7, 11) is 0. The van der Waals surface area contributed by atoms with Gasteiger partial charge in [-0.15, -0.1) is 0 Å². The maximum atomic E-state index is 9.15. The van der Waals surface area contributed by atoms with Gasteiger partial charge < -0.3 is 15.7 Å². The van der Waals surface area contributed by atoms with Gasteiger partial charge in [0.2, 0.25) is 0 Å². The normalized spacial score (nSPS) is 27.0. The summed E-state index contributed by atoms with van der Waals surface area (Å²) in [4.78, 5) is 2.39. The number of nitrogens with zero attached hydrogens (tertiary/aromatic N) is 1. The summed E-state index contributed by atoms with van der Waals surface area (Å²) in [5, 5.41) is 9.15. The number of likely N-dealkylation sites (tertiary alicyclic amines) is 1. The molecule has 0 bridgehead atoms. The third kappa shape index (κ3) is 4.49. The fourth-order valence-corrected chi connectivity index (χ4v) is 2.20. The topological polar surface area (TPSA) is 49.5 Å². The third-order valence-electron chi connectivity index (χ3n) is 3.38. The van der Waals surface area contributed by atoms with E-state index in [2.05, 4.69) is 18.7 Å². The SMILES string of the molecule is CC1(C)CCCN(CC(C)(N)CO)CC1. The van der Waals surface area contributed by atoms with Crippen LogP contribution in [0, 0.1) is 5.41 Å². The summed E-state index contributed by atoms with van der Waals surface area (Å²) in [5.74, 6) is 0. The summed E-state index contributed by atoms with van der Waals surface area (Å²) in [5.41, 5.74) is 6.00. The van der Waals surface area contributed by atoms with Gasteiger partial charge in [-0.05, 0) is 44.7 Å². The van der Waals surface area contributed by atoms with Crippen molar-refractivity contribution >= 4 is 0 Å². The van der Waals surface area contributed by atoms with Crippen LogP contribution < -0.4 is 5.73 Å². The van der Waals surface area contributed by atoms with Gasteiger partial charge >= 0.3 is 0 Å². The molecule has 3 nitrogen and oxygen atoms in total. The number of nitrogens with two attached hydrogens (primary N) is 1. The van der Waals surface area contributed by atoms with Crippen molar-refractivity contribution in [3.8, 4) is 0 Å². The molecule has 0 aromatic carbocycles. The lowest BCUT2D eigenvalue weighted by atomic mass is 9.85. The highest BCUT2D eigenvalue weighted by Crippen LogP contribution is 2.29.